The van der Waals surface area contributed by atoms with E-state index in [0.29, 0.717) is 5.41 Å². The molecular formula is C11H24N2. The minimum Gasteiger partial charge on any atom is -0.312 e. The highest BCUT2D eigenvalue weighted by Gasteiger charge is 2.21. The van der Waals surface area contributed by atoms with Crippen molar-refractivity contribution in [2.45, 2.75) is 40.2 Å². The van der Waals surface area contributed by atoms with Gasteiger partial charge in [-0.1, -0.05) is 27.7 Å². The molecule has 1 saturated heterocycles. The third-order valence-corrected chi connectivity index (χ3v) is 2.64. The molecule has 1 rings (SSSR count). The summed E-state index contributed by atoms with van der Waals surface area (Å²) in [6.45, 7) is 13.9. The zero-order chi connectivity index (χ0) is 9.90. The Balaban J connectivity index is 2.17. The van der Waals surface area contributed by atoms with Gasteiger partial charge in [-0.3, -0.25) is 0 Å². The number of likely N-dealkylation sites (N-methyl/N-ethyl adjacent to an activating group) is 1. The number of rotatable bonds is 3. The average molecular weight is 184 g/mol. The summed E-state index contributed by atoms with van der Waals surface area (Å²) in [6.07, 6.45) is 1.32. The Hall–Kier alpha value is -0.0800. The molecule has 0 aromatic rings. The van der Waals surface area contributed by atoms with E-state index in [0.717, 1.165) is 12.6 Å². The van der Waals surface area contributed by atoms with Gasteiger partial charge in [-0.05, 0) is 24.9 Å². The van der Waals surface area contributed by atoms with Gasteiger partial charge in [0.15, 0.2) is 0 Å². The van der Waals surface area contributed by atoms with Crippen LogP contribution in [0, 0.1) is 5.41 Å². The Kier molecular flexibility index (Phi) is 3.74. The summed E-state index contributed by atoms with van der Waals surface area (Å²) in [4.78, 5) is 2.51. The van der Waals surface area contributed by atoms with Gasteiger partial charge in [0.05, 0.1) is 0 Å². The lowest BCUT2D eigenvalue weighted by Crippen LogP contribution is -2.37. The van der Waals surface area contributed by atoms with E-state index in [9.17, 15) is 0 Å². The van der Waals surface area contributed by atoms with Crippen LogP contribution in [0.3, 0.4) is 0 Å². The number of hydrogen-bond acceptors (Lipinski definition) is 2. The number of hydrogen-bond donors (Lipinski definition) is 1. The highest BCUT2D eigenvalue weighted by Crippen LogP contribution is 2.13. The van der Waals surface area contributed by atoms with E-state index in [2.05, 4.69) is 37.9 Å². The number of nitrogens with zero attached hydrogens (tertiary/aromatic N) is 1. The van der Waals surface area contributed by atoms with Crippen molar-refractivity contribution in [1.82, 2.24) is 10.2 Å². The summed E-state index contributed by atoms with van der Waals surface area (Å²) < 4.78 is 0. The molecule has 0 aliphatic carbocycles. The van der Waals surface area contributed by atoms with E-state index in [-0.39, 0.29) is 0 Å². The van der Waals surface area contributed by atoms with Crippen LogP contribution >= 0.6 is 0 Å². The quantitative estimate of drug-likeness (QED) is 0.718. The smallest absolute Gasteiger partial charge is 0.0207 e. The molecule has 1 fully saturated rings. The van der Waals surface area contributed by atoms with E-state index in [1.807, 2.05) is 0 Å². The Morgan fingerprint density at radius 1 is 1.38 bits per heavy atom. The summed E-state index contributed by atoms with van der Waals surface area (Å²) in [5, 5.41) is 3.64. The lowest BCUT2D eigenvalue weighted by Gasteiger charge is -2.22. The topological polar surface area (TPSA) is 15.3 Å². The molecule has 0 aromatic heterocycles. The SMILES string of the molecule is CCN1CCC(NCC(C)(C)C)C1. The van der Waals surface area contributed by atoms with E-state index >= 15 is 0 Å². The van der Waals surface area contributed by atoms with Gasteiger partial charge in [-0.25, -0.2) is 0 Å². The molecule has 78 valence electrons. The third kappa shape index (κ3) is 4.10. The van der Waals surface area contributed by atoms with Crippen LogP contribution in [0.1, 0.15) is 34.1 Å². The molecule has 13 heavy (non-hydrogen) atoms. The fraction of sp³-hybridized carbons (Fsp3) is 1.00. The maximum Gasteiger partial charge on any atom is 0.0207 e. The van der Waals surface area contributed by atoms with Gasteiger partial charge in [-0.2, -0.15) is 0 Å². The van der Waals surface area contributed by atoms with Crippen molar-refractivity contribution in [1.29, 1.82) is 0 Å². The van der Waals surface area contributed by atoms with Crippen molar-refractivity contribution >= 4 is 0 Å². The molecular weight excluding hydrogens is 160 g/mol. The van der Waals surface area contributed by atoms with Gasteiger partial charge < -0.3 is 10.2 Å². The fourth-order valence-corrected chi connectivity index (χ4v) is 1.74. The standard InChI is InChI=1S/C11H24N2/c1-5-13-7-6-10(8-13)12-9-11(2,3)4/h10,12H,5-9H2,1-4H3. The van der Waals surface area contributed by atoms with Crippen molar-refractivity contribution in [3.05, 3.63) is 0 Å². The van der Waals surface area contributed by atoms with Gasteiger partial charge in [0, 0.05) is 19.1 Å². The molecule has 0 spiro atoms. The highest BCUT2D eigenvalue weighted by atomic mass is 15.2. The zero-order valence-corrected chi connectivity index (χ0v) is 9.56. The molecule has 1 atom stereocenters. The predicted octanol–water partition coefficient (Wildman–Crippen LogP) is 1.72. The zero-order valence-electron chi connectivity index (χ0n) is 9.56. The van der Waals surface area contributed by atoms with Gasteiger partial charge in [-0.15, -0.1) is 0 Å². The molecule has 2 heteroatoms. The molecule has 0 saturated carbocycles. The third-order valence-electron chi connectivity index (χ3n) is 2.64. The van der Waals surface area contributed by atoms with E-state index in [1.54, 1.807) is 0 Å². The van der Waals surface area contributed by atoms with Crippen LogP contribution in [0.5, 0.6) is 0 Å². The Morgan fingerprint density at radius 3 is 2.54 bits per heavy atom. The van der Waals surface area contributed by atoms with Crippen molar-refractivity contribution in [3.63, 3.8) is 0 Å². The molecule has 1 heterocycles. The molecule has 1 aliphatic rings. The molecule has 0 amide bonds. The first-order valence-electron chi connectivity index (χ1n) is 5.47. The van der Waals surface area contributed by atoms with Crippen molar-refractivity contribution in [3.8, 4) is 0 Å². The number of nitrogens with one attached hydrogen (secondary N) is 1. The summed E-state index contributed by atoms with van der Waals surface area (Å²) in [5.41, 5.74) is 0.416. The van der Waals surface area contributed by atoms with E-state index in [1.165, 1.54) is 26.1 Å². The largest absolute Gasteiger partial charge is 0.312 e. The summed E-state index contributed by atoms with van der Waals surface area (Å²) in [6, 6.07) is 0.735. The van der Waals surface area contributed by atoms with Crippen LogP contribution in [0.4, 0.5) is 0 Å². The lowest BCUT2D eigenvalue weighted by atomic mass is 9.96. The lowest BCUT2D eigenvalue weighted by molar-refractivity contribution is 0.323. The summed E-state index contributed by atoms with van der Waals surface area (Å²) >= 11 is 0. The molecule has 0 aromatic carbocycles. The predicted molar refractivity (Wildman–Crippen MR) is 58.0 cm³/mol. The first-order chi connectivity index (χ1) is 6.01. The van der Waals surface area contributed by atoms with Crippen LogP contribution in [-0.2, 0) is 0 Å². The average Bonchev–Trinajstić information content (AvgIpc) is 2.47. The van der Waals surface area contributed by atoms with E-state index < -0.39 is 0 Å². The molecule has 2 nitrogen and oxygen atoms in total. The first kappa shape index (κ1) is 11.0. The second-order valence-electron chi connectivity index (χ2n) is 5.32. The normalized spacial score (nSPS) is 25.4. The fourth-order valence-electron chi connectivity index (χ4n) is 1.74. The van der Waals surface area contributed by atoms with Crippen LogP contribution in [-0.4, -0.2) is 37.1 Å². The monoisotopic (exact) mass is 184 g/mol. The maximum atomic E-state index is 3.64. The molecule has 1 N–H and O–H groups in total. The van der Waals surface area contributed by atoms with Gasteiger partial charge in [0.1, 0.15) is 0 Å². The van der Waals surface area contributed by atoms with Crippen LogP contribution in [0.15, 0.2) is 0 Å². The molecule has 1 unspecified atom stereocenters. The van der Waals surface area contributed by atoms with Crippen molar-refractivity contribution in [2.75, 3.05) is 26.2 Å². The van der Waals surface area contributed by atoms with Crippen LogP contribution in [0.25, 0.3) is 0 Å². The molecule has 0 bridgehead atoms. The highest BCUT2D eigenvalue weighted by molar-refractivity contribution is 4.81. The Bertz CT molecular complexity index is 149. The first-order valence-corrected chi connectivity index (χ1v) is 5.47. The van der Waals surface area contributed by atoms with E-state index in [4.69, 9.17) is 0 Å². The maximum absolute atomic E-state index is 3.64. The summed E-state index contributed by atoms with van der Waals surface area (Å²) in [7, 11) is 0. The van der Waals surface area contributed by atoms with Crippen LogP contribution in [0.2, 0.25) is 0 Å². The number of likely N-dealkylation sites (tertiary alicyclic amines) is 1. The Morgan fingerprint density at radius 2 is 2.08 bits per heavy atom. The summed E-state index contributed by atoms with van der Waals surface area (Å²) in [5.74, 6) is 0. The van der Waals surface area contributed by atoms with Crippen molar-refractivity contribution in [2.24, 2.45) is 5.41 Å². The molecule has 0 radical (unpaired) electrons. The molecule has 1 aliphatic heterocycles. The van der Waals surface area contributed by atoms with Gasteiger partial charge in [0.25, 0.3) is 0 Å². The second kappa shape index (κ2) is 4.43. The van der Waals surface area contributed by atoms with Crippen LogP contribution < -0.4 is 5.32 Å². The Labute approximate surface area is 82.7 Å². The minimum absolute atomic E-state index is 0.416. The van der Waals surface area contributed by atoms with Crippen molar-refractivity contribution < 1.29 is 0 Å². The van der Waals surface area contributed by atoms with Gasteiger partial charge >= 0.3 is 0 Å². The van der Waals surface area contributed by atoms with Gasteiger partial charge in [0.2, 0.25) is 0 Å². The minimum atomic E-state index is 0.416. The second-order valence-corrected chi connectivity index (χ2v) is 5.32.